The molecule has 0 saturated carbocycles. The highest BCUT2D eigenvalue weighted by Crippen LogP contribution is 2.17. The van der Waals surface area contributed by atoms with Gasteiger partial charge in [-0.1, -0.05) is 19.8 Å². The number of terminal acetylenes is 1. The number of carbonyl (C=O) groups excluding carboxylic acids is 1. The summed E-state index contributed by atoms with van der Waals surface area (Å²) in [4.78, 5) is 11.7. The Kier molecular flexibility index (Phi) is 5.67. The molecule has 0 aromatic rings. The van der Waals surface area contributed by atoms with Crippen LogP contribution in [0.4, 0.5) is 4.79 Å². The summed E-state index contributed by atoms with van der Waals surface area (Å²) in [5.41, 5.74) is 0. The van der Waals surface area contributed by atoms with Gasteiger partial charge in [-0.2, -0.15) is 0 Å². The van der Waals surface area contributed by atoms with Crippen LogP contribution in [-0.4, -0.2) is 38.5 Å². The number of carbonyl (C=O) groups is 1. The molecule has 1 heterocycles. The molecule has 1 aliphatic heterocycles. The molecule has 0 aliphatic carbocycles. The van der Waals surface area contributed by atoms with Crippen molar-refractivity contribution in [3.8, 4) is 12.3 Å². The average Bonchev–Trinajstić information content (AvgIpc) is 2.34. The summed E-state index contributed by atoms with van der Waals surface area (Å²) in [6, 6.07) is -0.572. The Labute approximate surface area is 115 Å². The van der Waals surface area contributed by atoms with Gasteiger partial charge in [-0.25, -0.2) is 13.2 Å². The summed E-state index contributed by atoms with van der Waals surface area (Å²) in [7, 11) is -2.84. The minimum atomic E-state index is -2.84. The Morgan fingerprint density at radius 3 is 2.42 bits per heavy atom. The van der Waals surface area contributed by atoms with Crippen LogP contribution >= 0.6 is 0 Å². The highest BCUT2D eigenvalue weighted by atomic mass is 32.2. The Morgan fingerprint density at radius 1 is 1.37 bits per heavy atom. The van der Waals surface area contributed by atoms with E-state index in [9.17, 15) is 13.2 Å². The number of hydrogen-bond acceptors (Lipinski definition) is 3. The Balaban J connectivity index is 2.30. The molecule has 1 aliphatic rings. The van der Waals surface area contributed by atoms with Crippen molar-refractivity contribution >= 4 is 15.9 Å². The molecule has 2 N–H and O–H groups in total. The molecule has 0 aromatic heterocycles. The molecule has 1 rings (SSSR count). The number of nitrogens with one attached hydrogen (secondary N) is 2. The van der Waals surface area contributed by atoms with Crippen molar-refractivity contribution in [3.05, 3.63) is 0 Å². The van der Waals surface area contributed by atoms with Crippen molar-refractivity contribution in [2.75, 3.05) is 18.1 Å². The summed E-state index contributed by atoms with van der Waals surface area (Å²) in [6.45, 7) is 4.38. The van der Waals surface area contributed by atoms with Gasteiger partial charge < -0.3 is 10.6 Å². The van der Waals surface area contributed by atoms with E-state index in [0.29, 0.717) is 19.4 Å². The maximum atomic E-state index is 11.7. The fraction of sp³-hybridized carbons (Fsp3) is 0.769. The monoisotopic (exact) mass is 286 g/mol. The third kappa shape index (κ3) is 5.52. The van der Waals surface area contributed by atoms with Crippen molar-refractivity contribution in [1.82, 2.24) is 10.6 Å². The molecule has 0 radical (unpaired) electrons. The lowest BCUT2D eigenvalue weighted by Gasteiger charge is -2.23. The second-order valence-corrected chi connectivity index (χ2v) is 7.64. The maximum Gasteiger partial charge on any atom is 0.315 e. The first-order valence-electron chi connectivity index (χ1n) is 6.55. The molecule has 1 atom stereocenters. The van der Waals surface area contributed by atoms with Crippen LogP contribution in [0.5, 0.6) is 0 Å². The molecule has 1 saturated heterocycles. The van der Waals surface area contributed by atoms with Crippen LogP contribution in [-0.2, 0) is 9.84 Å². The zero-order chi connectivity index (χ0) is 14.5. The van der Waals surface area contributed by atoms with Crippen LogP contribution in [0.1, 0.15) is 26.7 Å². The molecular formula is C13H22N2O3S. The Bertz CT molecular complexity index is 437. The van der Waals surface area contributed by atoms with E-state index < -0.39 is 9.84 Å². The third-order valence-electron chi connectivity index (χ3n) is 3.36. The fourth-order valence-corrected chi connectivity index (χ4v) is 3.56. The molecule has 2 amide bonds. The molecule has 0 spiro atoms. The third-order valence-corrected chi connectivity index (χ3v) is 5.07. The van der Waals surface area contributed by atoms with Gasteiger partial charge in [0.25, 0.3) is 0 Å². The van der Waals surface area contributed by atoms with Gasteiger partial charge in [0.15, 0.2) is 0 Å². The van der Waals surface area contributed by atoms with Gasteiger partial charge in [-0.05, 0) is 24.7 Å². The smallest absolute Gasteiger partial charge is 0.315 e. The maximum absolute atomic E-state index is 11.7. The van der Waals surface area contributed by atoms with Crippen LogP contribution in [0.2, 0.25) is 0 Å². The number of hydrogen-bond donors (Lipinski definition) is 2. The van der Waals surface area contributed by atoms with Crippen LogP contribution in [0, 0.1) is 24.2 Å². The fourth-order valence-electron chi connectivity index (χ4n) is 1.97. The van der Waals surface area contributed by atoms with E-state index in [1.165, 1.54) is 0 Å². The number of sulfone groups is 1. The standard InChI is InChI=1S/C13H22N2O3S/c1-4-12(10(2)3)15-13(16)14-9-11-5-7-19(17,18)8-6-11/h1,10-12H,5-9H2,2-3H3,(H2,14,15,16)/t12-/m0/s1. The second-order valence-electron chi connectivity index (χ2n) is 5.34. The second kappa shape index (κ2) is 6.80. The van der Waals surface area contributed by atoms with E-state index in [1.807, 2.05) is 13.8 Å². The van der Waals surface area contributed by atoms with Gasteiger partial charge in [-0.3, -0.25) is 0 Å². The first kappa shape index (κ1) is 15.8. The Hall–Kier alpha value is -1.22. The van der Waals surface area contributed by atoms with E-state index in [2.05, 4.69) is 16.6 Å². The van der Waals surface area contributed by atoms with Crippen molar-refractivity contribution in [2.24, 2.45) is 11.8 Å². The zero-order valence-electron chi connectivity index (χ0n) is 11.5. The SMILES string of the molecule is C#C[C@H](NC(=O)NCC1CCS(=O)(=O)CC1)C(C)C. The molecular weight excluding hydrogens is 264 g/mol. The van der Waals surface area contributed by atoms with Gasteiger partial charge in [0.05, 0.1) is 17.5 Å². The number of rotatable bonds is 4. The predicted octanol–water partition coefficient (Wildman–Crippen LogP) is 0.768. The van der Waals surface area contributed by atoms with Crippen LogP contribution < -0.4 is 10.6 Å². The summed E-state index contributed by atoms with van der Waals surface area (Å²) in [6.07, 6.45) is 6.56. The summed E-state index contributed by atoms with van der Waals surface area (Å²) in [5.74, 6) is 3.38. The molecule has 0 aromatic carbocycles. The lowest BCUT2D eigenvalue weighted by molar-refractivity contribution is 0.234. The summed E-state index contributed by atoms with van der Waals surface area (Å²) in [5, 5.41) is 5.48. The minimum Gasteiger partial charge on any atom is -0.338 e. The molecule has 108 valence electrons. The van der Waals surface area contributed by atoms with Gasteiger partial charge >= 0.3 is 6.03 Å². The zero-order valence-corrected chi connectivity index (χ0v) is 12.3. The topological polar surface area (TPSA) is 75.3 Å². The first-order chi connectivity index (χ1) is 8.84. The Morgan fingerprint density at radius 2 is 1.95 bits per heavy atom. The van der Waals surface area contributed by atoms with Crippen LogP contribution in [0.25, 0.3) is 0 Å². The van der Waals surface area contributed by atoms with E-state index in [0.717, 1.165) is 0 Å². The molecule has 1 fully saturated rings. The highest BCUT2D eigenvalue weighted by Gasteiger charge is 2.24. The molecule has 6 heteroatoms. The molecule has 0 bridgehead atoms. The predicted molar refractivity (Wildman–Crippen MR) is 75.4 cm³/mol. The summed E-state index contributed by atoms with van der Waals surface area (Å²) < 4.78 is 22.5. The normalized spacial score (nSPS) is 20.5. The average molecular weight is 286 g/mol. The lowest BCUT2D eigenvalue weighted by atomic mass is 10.0. The van der Waals surface area contributed by atoms with Crippen molar-refractivity contribution in [1.29, 1.82) is 0 Å². The van der Waals surface area contributed by atoms with Crippen molar-refractivity contribution in [3.63, 3.8) is 0 Å². The van der Waals surface area contributed by atoms with Gasteiger partial charge in [0.1, 0.15) is 9.84 Å². The van der Waals surface area contributed by atoms with Crippen LogP contribution in [0.15, 0.2) is 0 Å². The van der Waals surface area contributed by atoms with Crippen LogP contribution in [0.3, 0.4) is 0 Å². The lowest BCUT2D eigenvalue weighted by Crippen LogP contribution is -2.45. The van der Waals surface area contributed by atoms with E-state index >= 15 is 0 Å². The van der Waals surface area contributed by atoms with Crippen molar-refractivity contribution in [2.45, 2.75) is 32.7 Å². The van der Waals surface area contributed by atoms with E-state index in [4.69, 9.17) is 6.42 Å². The minimum absolute atomic E-state index is 0.176. The molecule has 19 heavy (non-hydrogen) atoms. The number of urea groups is 1. The van der Waals surface area contributed by atoms with Gasteiger partial charge in [0.2, 0.25) is 0 Å². The summed E-state index contributed by atoms with van der Waals surface area (Å²) >= 11 is 0. The van der Waals surface area contributed by atoms with Gasteiger partial charge in [-0.15, -0.1) is 6.42 Å². The van der Waals surface area contributed by atoms with E-state index in [1.54, 1.807) is 0 Å². The quantitative estimate of drug-likeness (QED) is 0.750. The van der Waals surface area contributed by atoms with Crippen molar-refractivity contribution < 1.29 is 13.2 Å². The number of amides is 2. The molecule has 0 unspecified atom stereocenters. The first-order valence-corrected chi connectivity index (χ1v) is 8.37. The van der Waals surface area contributed by atoms with E-state index in [-0.39, 0.29) is 35.4 Å². The largest absolute Gasteiger partial charge is 0.338 e. The van der Waals surface area contributed by atoms with Gasteiger partial charge in [0, 0.05) is 6.54 Å². The highest BCUT2D eigenvalue weighted by molar-refractivity contribution is 7.91. The molecule has 5 nitrogen and oxygen atoms in total.